The minimum atomic E-state index is 0.901. The van der Waals surface area contributed by atoms with E-state index in [1.165, 1.54) is 55.2 Å². The highest BCUT2D eigenvalue weighted by Gasteiger charge is 2.18. The number of aromatic nitrogens is 1. The van der Waals surface area contributed by atoms with Crippen molar-refractivity contribution in [3.05, 3.63) is 267 Å². The van der Waals surface area contributed by atoms with E-state index >= 15 is 0 Å². The van der Waals surface area contributed by atoms with Crippen LogP contribution in [-0.2, 0) is 0 Å². The number of benzene rings is 11. The van der Waals surface area contributed by atoms with E-state index in [-0.39, 0.29) is 0 Å². The number of furan rings is 1. The zero-order valence-corrected chi connectivity index (χ0v) is 37.7. The number of hydrogen-bond acceptors (Lipinski definition) is 2. The number of hydrogen-bond donors (Lipinski definition) is 0. The van der Waals surface area contributed by atoms with Gasteiger partial charge in [0.2, 0.25) is 0 Å². The van der Waals surface area contributed by atoms with Crippen molar-refractivity contribution in [3.8, 4) is 61.3 Å². The van der Waals surface area contributed by atoms with E-state index in [0.717, 1.165) is 66.9 Å². The summed E-state index contributed by atoms with van der Waals surface area (Å²) in [4.78, 5) is 2.36. The lowest BCUT2D eigenvalue weighted by Crippen LogP contribution is -2.09. The molecular formula is C66H44N2O. The summed E-state index contributed by atoms with van der Waals surface area (Å²) in [5, 5.41) is 4.78. The monoisotopic (exact) mass is 880 g/mol. The molecule has 0 bridgehead atoms. The standard InChI is InChI=1S/C66H44N2O/c1-2-15-45(16-3-1)49-17-12-18-50(43-49)46-31-37-53(38-32-46)67(54-39-33-47(34-40-54)51-19-13-20-52(44-51)57-25-14-30-65-66(57)60-24-7-11-29-64(60)69-65)55-41-35-48(36-42-55)56-21-4-8-26-61(56)68-62-27-9-5-22-58(62)59-23-6-10-28-63(59)68/h1-44H. The summed E-state index contributed by atoms with van der Waals surface area (Å²) in [5.41, 5.74) is 20.3. The van der Waals surface area contributed by atoms with Crippen molar-refractivity contribution < 1.29 is 4.42 Å². The lowest BCUT2D eigenvalue weighted by atomic mass is 9.96. The zero-order chi connectivity index (χ0) is 45.7. The molecule has 324 valence electrons. The van der Waals surface area contributed by atoms with Gasteiger partial charge in [0.1, 0.15) is 11.2 Å². The molecule has 0 amide bonds. The highest BCUT2D eigenvalue weighted by molar-refractivity contribution is 6.13. The molecule has 0 saturated carbocycles. The molecule has 13 rings (SSSR count). The van der Waals surface area contributed by atoms with Gasteiger partial charge in [-0.05, 0) is 129 Å². The molecule has 69 heavy (non-hydrogen) atoms. The van der Waals surface area contributed by atoms with Gasteiger partial charge in [0.25, 0.3) is 0 Å². The third-order valence-electron chi connectivity index (χ3n) is 13.6. The molecule has 0 aliphatic heterocycles. The molecule has 2 aromatic heterocycles. The van der Waals surface area contributed by atoms with Gasteiger partial charge < -0.3 is 13.9 Å². The van der Waals surface area contributed by atoms with E-state index in [9.17, 15) is 0 Å². The van der Waals surface area contributed by atoms with E-state index in [0.29, 0.717) is 0 Å². The van der Waals surface area contributed by atoms with E-state index in [1.54, 1.807) is 0 Å². The number of rotatable bonds is 9. The first kappa shape index (κ1) is 40.1. The zero-order valence-electron chi connectivity index (χ0n) is 37.7. The molecule has 0 saturated heterocycles. The molecular weight excluding hydrogens is 837 g/mol. The van der Waals surface area contributed by atoms with Crippen molar-refractivity contribution in [2.24, 2.45) is 0 Å². The number of nitrogens with zero attached hydrogens (tertiary/aromatic N) is 2. The van der Waals surface area contributed by atoms with Crippen LogP contribution in [0.4, 0.5) is 17.1 Å². The first-order chi connectivity index (χ1) is 34.2. The van der Waals surface area contributed by atoms with Crippen LogP contribution in [0.25, 0.3) is 105 Å². The second-order valence-corrected chi connectivity index (χ2v) is 17.7. The van der Waals surface area contributed by atoms with Crippen molar-refractivity contribution in [1.29, 1.82) is 0 Å². The lowest BCUT2D eigenvalue weighted by molar-refractivity contribution is 0.669. The van der Waals surface area contributed by atoms with Gasteiger partial charge in [-0.25, -0.2) is 0 Å². The maximum Gasteiger partial charge on any atom is 0.136 e. The Hall–Kier alpha value is -9.18. The van der Waals surface area contributed by atoms with Crippen LogP contribution in [0.1, 0.15) is 0 Å². The fourth-order valence-corrected chi connectivity index (χ4v) is 10.3. The minimum absolute atomic E-state index is 0.901. The average molecular weight is 881 g/mol. The third kappa shape index (κ3) is 7.16. The maximum absolute atomic E-state index is 6.26. The molecule has 0 unspecified atom stereocenters. The van der Waals surface area contributed by atoms with Gasteiger partial charge in [0.15, 0.2) is 0 Å². The summed E-state index contributed by atoms with van der Waals surface area (Å²) in [7, 11) is 0. The van der Waals surface area contributed by atoms with Gasteiger partial charge in [0, 0.05) is 44.2 Å². The Labute approximate surface area is 401 Å². The summed E-state index contributed by atoms with van der Waals surface area (Å²) in [6.45, 7) is 0. The molecule has 0 atom stereocenters. The minimum Gasteiger partial charge on any atom is -0.456 e. The topological polar surface area (TPSA) is 21.3 Å². The second-order valence-electron chi connectivity index (χ2n) is 17.7. The Morgan fingerprint density at radius 1 is 0.275 bits per heavy atom. The van der Waals surface area contributed by atoms with Crippen molar-refractivity contribution in [1.82, 2.24) is 4.57 Å². The average Bonchev–Trinajstić information content (AvgIpc) is 3.98. The van der Waals surface area contributed by atoms with Crippen molar-refractivity contribution >= 4 is 60.8 Å². The predicted molar refractivity (Wildman–Crippen MR) is 290 cm³/mol. The fraction of sp³-hybridized carbons (Fsp3) is 0. The molecule has 0 radical (unpaired) electrons. The fourth-order valence-electron chi connectivity index (χ4n) is 10.3. The van der Waals surface area contributed by atoms with E-state index in [2.05, 4.69) is 264 Å². The second kappa shape index (κ2) is 16.9. The van der Waals surface area contributed by atoms with Gasteiger partial charge in [-0.2, -0.15) is 0 Å². The summed E-state index contributed by atoms with van der Waals surface area (Å²) >= 11 is 0. The summed E-state index contributed by atoms with van der Waals surface area (Å²) < 4.78 is 8.67. The summed E-state index contributed by atoms with van der Waals surface area (Å²) in [6, 6.07) is 96.1. The quantitative estimate of drug-likeness (QED) is 0.144. The summed E-state index contributed by atoms with van der Waals surface area (Å²) in [6.07, 6.45) is 0. The van der Waals surface area contributed by atoms with E-state index < -0.39 is 0 Å². The number of para-hydroxylation sites is 4. The van der Waals surface area contributed by atoms with Gasteiger partial charge >= 0.3 is 0 Å². The molecule has 11 aromatic carbocycles. The van der Waals surface area contributed by atoms with E-state index in [1.807, 2.05) is 12.1 Å². The molecule has 0 aliphatic rings. The number of anilines is 3. The molecule has 0 N–H and O–H groups in total. The first-order valence-corrected chi connectivity index (χ1v) is 23.6. The first-order valence-electron chi connectivity index (χ1n) is 23.6. The Bertz CT molecular complexity index is 3940. The normalized spacial score (nSPS) is 11.5. The highest BCUT2D eigenvalue weighted by atomic mass is 16.3. The van der Waals surface area contributed by atoms with E-state index in [4.69, 9.17) is 4.42 Å². The molecule has 0 fully saturated rings. The lowest BCUT2D eigenvalue weighted by Gasteiger charge is -2.26. The van der Waals surface area contributed by atoms with Gasteiger partial charge in [-0.15, -0.1) is 0 Å². The van der Waals surface area contributed by atoms with Crippen LogP contribution in [0.2, 0.25) is 0 Å². The Morgan fingerprint density at radius 2 is 0.696 bits per heavy atom. The number of fused-ring (bicyclic) bond motifs is 6. The Balaban J connectivity index is 0.880. The van der Waals surface area contributed by atoms with Crippen LogP contribution >= 0.6 is 0 Å². The van der Waals surface area contributed by atoms with Crippen LogP contribution in [-0.4, -0.2) is 4.57 Å². The van der Waals surface area contributed by atoms with Gasteiger partial charge in [-0.3, -0.25) is 0 Å². The van der Waals surface area contributed by atoms with Crippen molar-refractivity contribution in [2.45, 2.75) is 0 Å². The smallest absolute Gasteiger partial charge is 0.136 e. The van der Waals surface area contributed by atoms with Crippen LogP contribution in [0.15, 0.2) is 271 Å². The van der Waals surface area contributed by atoms with Crippen LogP contribution in [0.3, 0.4) is 0 Å². The predicted octanol–water partition coefficient (Wildman–Crippen LogP) is 18.5. The Kier molecular flexibility index (Phi) is 9.84. The van der Waals surface area contributed by atoms with Gasteiger partial charge in [0.05, 0.1) is 16.7 Å². The molecule has 2 heterocycles. The van der Waals surface area contributed by atoms with Crippen LogP contribution in [0, 0.1) is 0 Å². The largest absolute Gasteiger partial charge is 0.456 e. The van der Waals surface area contributed by atoms with Crippen LogP contribution in [0.5, 0.6) is 0 Å². The summed E-state index contributed by atoms with van der Waals surface area (Å²) in [5.74, 6) is 0. The van der Waals surface area contributed by atoms with Crippen molar-refractivity contribution in [2.75, 3.05) is 4.90 Å². The highest BCUT2D eigenvalue weighted by Crippen LogP contribution is 2.42. The SMILES string of the molecule is c1ccc(-c2cccc(-c3ccc(N(c4ccc(-c5cccc(-c6cccc7oc8ccccc8c67)c5)cc4)c4ccc(-c5ccccc5-n5c6ccccc6c6ccccc65)cc4)cc3)c2)cc1. The molecule has 0 spiro atoms. The maximum atomic E-state index is 6.26. The molecule has 0 aliphatic carbocycles. The third-order valence-corrected chi connectivity index (χ3v) is 13.6. The van der Waals surface area contributed by atoms with Crippen molar-refractivity contribution in [3.63, 3.8) is 0 Å². The molecule has 13 aromatic rings. The van der Waals surface area contributed by atoms with Crippen LogP contribution < -0.4 is 4.90 Å². The molecule has 3 heteroatoms. The Morgan fingerprint density at radius 3 is 1.32 bits per heavy atom. The van der Waals surface area contributed by atoms with Gasteiger partial charge in [-0.1, -0.05) is 188 Å². The molecule has 3 nitrogen and oxygen atoms in total.